The number of aryl methyl sites for hydroxylation is 1. The van der Waals surface area contributed by atoms with Crippen LogP contribution in [0.5, 0.6) is 5.75 Å². The van der Waals surface area contributed by atoms with E-state index in [4.69, 9.17) is 9.15 Å². The molecule has 0 saturated heterocycles. The van der Waals surface area contributed by atoms with Crippen LogP contribution in [0, 0.1) is 6.92 Å². The summed E-state index contributed by atoms with van der Waals surface area (Å²) < 4.78 is 11.1. The molecule has 1 aromatic heterocycles. The molecule has 0 saturated carbocycles. The van der Waals surface area contributed by atoms with Gasteiger partial charge in [0.25, 0.3) is 0 Å². The van der Waals surface area contributed by atoms with E-state index >= 15 is 0 Å². The Morgan fingerprint density at radius 2 is 2.16 bits per heavy atom. The van der Waals surface area contributed by atoms with Gasteiger partial charge in [-0.2, -0.15) is 0 Å². The molecule has 0 amide bonds. The summed E-state index contributed by atoms with van der Waals surface area (Å²) >= 11 is 0. The van der Waals surface area contributed by atoms with Crippen LogP contribution in [-0.4, -0.2) is 6.61 Å². The standard InChI is InChI=1S/C16H14O3/c1-3-4-11-8-13-14(18-9-11)6-5-12-10(2)7-15(17)19-16(12)13/h3-8H,9H2,1-2H3/b4-3+. The van der Waals surface area contributed by atoms with Crippen molar-refractivity contribution in [3.8, 4) is 5.75 Å². The van der Waals surface area contributed by atoms with Gasteiger partial charge in [-0.1, -0.05) is 12.2 Å². The molecule has 0 atom stereocenters. The van der Waals surface area contributed by atoms with Gasteiger partial charge in [-0.15, -0.1) is 0 Å². The molecule has 3 nitrogen and oxygen atoms in total. The Labute approximate surface area is 110 Å². The third-order valence-corrected chi connectivity index (χ3v) is 3.22. The first-order valence-electron chi connectivity index (χ1n) is 6.22. The number of benzene rings is 1. The van der Waals surface area contributed by atoms with Gasteiger partial charge in [-0.25, -0.2) is 4.79 Å². The molecule has 2 aromatic rings. The number of ether oxygens (including phenoxy) is 1. The molecule has 0 N–H and O–H groups in total. The van der Waals surface area contributed by atoms with E-state index in [-0.39, 0.29) is 5.63 Å². The summed E-state index contributed by atoms with van der Waals surface area (Å²) in [5, 5.41) is 0.944. The second kappa shape index (κ2) is 4.43. The van der Waals surface area contributed by atoms with Crippen molar-refractivity contribution in [2.75, 3.05) is 6.61 Å². The highest BCUT2D eigenvalue weighted by Crippen LogP contribution is 2.33. The summed E-state index contributed by atoms with van der Waals surface area (Å²) in [7, 11) is 0. The first-order valence-corrected chi connectivity index (χ1v) is 6.22. The van der Waals surface area contributed by atoms with Gasteiger partial charge in [0.1, 0.15) is 17.9 Å². The Hall–Kier alpha value is -2.29. The van der Waals surface area contributed by atoms with Gasteiger partial charge < -0.3 is 9.15 Å². The van der Waals surface area contributed by atoms with Crippen molar-refractivity contribution in [3.63, 3.8) is 0 Å². The van der Waals surface area contributed by atoms with Crippen LogP contribution in [0.1, 0.15) is 18.1 Å². The zero-order valence-electron chi connectivity index (χ0n) is 10.9. The third kappa shape index (κ3) is 1.97. The smallest absolute Gasteiger partial charge is 0.336 e. The first-order chi connectivity index (χ1) is 9.19. The van der Waals surface area contributed by atoms with E-state index in [0.29, 0.717) is 12.2 Å². The molecule has 96 valence electrons. The second-order valence-corrected chi connectivity index (χ2v) is 4.61. The van der Waals surface area contributed by atoms with Crippen molar-refractivity contribution in [1.82, 2.24) is 0 Å². The molecule has 1 aromatic carbocycles. The molecule has 1 aliphatic rings. The summed E-state index contributed by atoms with van der Waals surface area (Å²) in [6.07, 6.45) is 5.98. The van der Waals surface area contributed by atoms with E-state index in [9.17, 15) is 4.79 Å². The Morgan fingerprint density at radius 3 is 2.95 bits per heavy atom. The monoisotopic (exact) mass is 254 g/mol. The van der Waals surface area contributed by atoms with Crippen molar-refractivity contribution < 1.29 is 9.15 Å². The zero-order chi connectivity index (χ0) is 13.4. The van der Waals surface area contributed by atoms with E-state index in [0.717, 1.165) is 27.8 Å². The van der Waals surface area contributed by atoms with Crippen molar-refractivity contribution in [2.24, 2.45) is 0 Å². The van der Waals surface area contributed by atoms with Crippen LogP contribution in [0.15, 0.2) is 45.1 Å². The number of hydrogen-bond donors (Lipinski definition) is 0. The van der Waals surface area contributed by atoms with Gasteiger partial charge in [-0.05, 0) is 43.2 Å². The molecular formula is C16H14O3. The molecule has 0 unspecified atom stereocenters. The maximum atomic E-state index is 11.6. The molecule has 3 heteroatoms. The molecule has 0 bridgehead atoms. The Kier molecular flexibility index (Phi) is 2.75. The lowest BCUT2D eigenvalue weighted by atomic mass is 10.0. The molecule has 19 heavy (non-hydrogen) atoms. The predicted octanol–water partition coefficient (Wildman–Crippen LogP) is 3.45. The Morgan fingerprint density at radius 1 is 1.32 bits per heavy atom. The number of hydrogen-bond acceptors (Lipinski definition) is 3. The highest BCUT2D eigenvalue weighted by Gasteiger charge is 2.16. The van der Waals surface area contributed by atoms with E-state index in [1.54, 1.807) is 0 Å². The molecule has 3 rings (SSSR count). The lowest BCUT2D eigenvalue weighted by Gasteiger charge is -2.17. The van der Waals surface area contributed by atoms with Crippen LogP contribution < -0.4 is 10.4 Å². The number of allylic oxidation sites excluding steroid dienone is 1. The fourth-order valence-electron chi connectivity index (χ4n) is 2.35. The Balaban J connectivity index is 2.35. The number of rotatable bonds is 1. The largest absolute Gasteiger partial charge is 0.488 e. The minimum atomic E-state index is -0.329. The fraction of sp³-hybridized carbons (Fsp3) is 0.188. The van der Waals surface area contributed by atoms with Crippen LogP contribution >= 0.6 is 0 Å². The molecular weight excluding hydrogens is 240 g/mol. The minimum Gasteiger partial charge on any atom is -0.488 e. The van der Waals surface area contributed by atoms with Crippen LogP contribution in [0.3, 0.4) is 0 Å². The van der Waals surface area contributed by atoms with Crippen LogP contribution in [-0.2, 0) is 0 Å². The molecule has 0 spiro atoms. The molecule has 1 aliphatic heterocycles. The summed E-state index contributed by atoms with van der Waals surface area (Å²) in [5.41, 5.74) is 3.10. The van der Waals surface area contributed by atoms with Crippen LogP contribution in [0.2, 0.25) is 0 Å². The summed E-state index contributed by atoms with van der Waals surface area (Å²) in [6, 6.07) is 5.36. The van der Waals surface area contributed by atoms with E-state index < -0.39 is 0 Å². The lowest BCUT2D eigenvalue weighted by molar-refractivity contribution is 0.350. The Bertz CT molecular complexity index is 763. The summed E-state index contributed by atoms with van der Waals surface area (Å²) in [4.78, 5) is 11.6. The van der Waals surface area contributed by atoms with Gasteiger partial charge in [-0.3, -0.25) is 0 Å². The van der Waals surface area contributed by atoms with Crippen LogP contribution in [0.25, 0.3) is 17.0 Å². The topological polar surface area (TPSA) is 39.4 Å². The fourth-order valence-corrected chi connectivity index (χ4v) is 2.35. The highest BCUT2D eigenvalue weighted by atomic mass is 16.5. The van der Waals surface area contributed by atoms with Gasteiger partial charge in [0, 0.05) is 11.5 Å². The predicted molar refractivity (Wildman–Crippen MR) is 75.5 cm³/mol. The van der Waals surface area contributed by atoms with Gasteiger partial charge in [0.15, 0.2) is 0 Å². The second-order valence-electron chi connectivity index (χ2n) is 4.61. The maximum absolute atomic E-state index is 11.6. The molecule has 0 radical (unpaired) electrons. The number of fused-ring (bicyclic) bond motifs is 3. The zero-order valence-corrected chi connectivity index (χ0v) is 10.9. The van der Waals surface area contributed by atoms with Crippen molar-refractivity contribution in [2.45, 2.75) is 13.8 Å². The van der Waals surface area contributed by atoms with Gasteiger partial charge in [0.2, 0.25) is 0 Å². The van der Waals surface area contributed by atoms with E-state index in [1.807, 2.05) is 44.2 Å². The first kappa shape index (κ1) is 11.8. The van der Waals surface area contributed by atoms with Crippen molar-refractivity contribution in [1.29, 1.82) is 0 Å². The molecule has 0 fully saturated rings. The van der Waals surface area contributed by atoms with Crippen molar-refractivity contribution in [3.05, 3.63) is 57.5 Å². The summed E-state index contributed by atoms with van der Waals surface area (Å²) in [6.45, 7) is 4.41. The minimum absolute atomic E-state index is 0.329. The molecule has 0 aliphatic carbocycles. The average Bonchev–Trinajstić information content (AvgIpc) is 2.39. The average molecular weight is 254 g/mol. The SMILES string of the molecule is C/C=C/C1=Cc2c(ccc3c(C)cc(=O)oc23)OC1. The third-order valence-electron chi connectivity index (χ3n) is 3.22. The highest BCUT2D eigenvalue weighted by molar-refractivity contribution is 5.91. The van der Waals surface area contributed by atoms with Crippen molar-refractivity contribution >= 4 is 17.0 Å². The van der Waals surface area contributed by atoms with E-state index in [1.165, 1.54) is 6.07 Å². The van der Waals surface area contributed by atoms with Crippen LogP contribution in [0.4, 0.5) is 0 Å². The maximum Gasteiger partial charge on any atom is 0.336 e. The quantitative estimate of drug-likeness (QED) is 0.732. The van der Waals surface area contributed by atoms with Gasteiger partial charge in [0.05, 0.1) is 5.56 Å². The van der Waals surface area contributed by atoms with Gasteiger partial charge >= 0.3 is 5.63 Å². The normalized spacial score (nSPS) is 14.3. The molecule has 2 heterocycles. The lowest BCUT2D eigenvalue weighted by Crippen LogP contribution is -2.07. The van der Waals surface area contributed by atoms with E-state index in [2.05, 4.69) is 0 Å². The summed E-state index contributed by atoms with van der Waals surface area (Å²) in [5.74, 6) is 0.759.